The maximum atomic E-state index is 12.9. The summed E-state index contributed by atoms with van der Waals surface area (Å²) in [6.45, 7) is 4.63. The molecule has 0 amide bonds. The lowest BCUT2D eigenvalue weighted by Crippen LogP contribution is -2.47. The molecule has 1 aliphatic heterocycles. The average molecular weight is 527 g/mol. The minimum atomic E-state index is -3.67. The number of anilines is 2. The Morgan fingerprint density at radius 1 is 0.914 bits per heavy atom. The summed E-state index contributed by atoms with van der Waals surface area (Å²) in [4.78, 5) is 5.03. The summed E-state index contributed by atoms with van der Waals surface area (Å²) in [5.41, 5.74) is 2.50. The third-order valence-corrected chi connectivity index (χ3v) is 8.88. The summed E-state index contributed by atoms with van der Waals surface area (Å²) in [5, 5.41) is 1.23. The van der Waals surface area contributed by atoms with Gasteiger partial charge in [-0.3, -0.25) is 9.62 Å². The lowest BCUT2D eigenvalue weighted by Gasteiger charge is -2.35. The van der Waals surface area contributed by atoms with Crippen molar-refractivity contribution >= 4 is 54.7 Å². The van der Waals surface area contributed by atoms with Crippen molar-refractivity contribution < 1.29 is 8.42 Å². The fraction of sp³-hybridized carbons (Fsp3) is 0.269. The van der Waals surface area contributed by atoms with Crippen molar-refractivity contribution in [1.29, 1.82) is 0 Å². The van der Waals surface area contributed by atoms with Crippen molar-refractivity contribution in [2.45, 2.75) is 17.2 Å². The number of sulfonamides is 1. The van der Waals surface area contributed by atoms with Crippen LogP contribution < -0.4 is 9.62 Å². The van der Waals surface area contributed by atoms with Gasteiger partial charge >= 0.3 is 0 Å². The highest BCUT2D eigenvalue weighted by atomic mass is 35.5. The number of para-hydroxylation sites is 1. The molecule has 182 valence electrons. The molecule has 0 radical (unpaired) electrons. The molecule has 1 aromatic heterocycles. The molecule has 35 heavy (non-hydrogen) atoms. The Morgan fingerprint density at radius 3 is 2.40 bits per heavy atom. The monoisotopic (exact) mass is 526 g/mol. The Labute approximate surface area is 215 Å². The van der Waals surface area contributed by atoms with Crippen LogP contribution in [0.1, 0.15) is 11.1 Å². The number of hydrogen-bond acceptors (Lipinski definition) is 6. The number of halogens is 1. The molecule has 3 aromatic carbocycles. The Hall–Kier alpha value is -2.65. The second-order valence-electron chi connectivity index (χ2n) is 8.62. The molecule has 1 fully saturated rings. The van der Waals surface area contributed by atoms with E-state index in [9.17, 15) is 8.42 Å². The second kappa shape index (κ2) is 10.5. The Morgan fingerprint density at radius 2 is 1.63 bits per heavy atom. The molecule has 0 spiro atoms. The Balaban J connectivity index is 1.20. The molecule has 6 nitrogen and oxygen atoms in total. The number of aromatic nitrogens is 1. The van der Waals surface area contributed by atoms with Gasteiger partial charge in [-0.1, -0.05) is 42.5 Å². The summed E-state index contributed by atoms with van der Waals surface area (Å²) in [7, 11) is -3.67. The highest BCUT2D eigenvalue weighted by Crippen LogP contribution is 2.30. The molecular weight excluding hydrogens is 500 g/mol. The van der Waals surface area contributed by atoms with Gasteiger partial charge in [0, 0.05) is 44.0 Å². The van der Waals surface area contributed by atoms with E-state index in [4.69, 9.17) is 16.0 Å². The minimum absolute atomic E-state index is 0.229. The zero-order valence-corrected chi connectivity index (χ0v) is 21.6. The highest BCUT2D eigenvalue weighted by Gasteiger charge is 2.21. The zero-order chi connectivity index (χ0) is 24.3. The van der Waals surface area contributed by atoms with E-state index in [0.29, 0.717) is 11.6 Å². The fourth-order valence-corrected chi connectivity index (χ4v) is 6.44. The number of fused-ring (bicyclic) bond motifs is 1. The van der Waals surface area contributed by atoms with Crippen molar-refractivity contribution in [1.82, 2.24) is 9.27 Å². The maximum Gasteiger partial charge on any atom is 0.261 e. The van der Waals surface area contributed by atoms with Crippen LogP contribution in [0.4, 0.5) is 11.5 Å². The number of nitrogens with zero attached hydrogens (tertiary/aromatic N) is 3. The summed E-state index contributed by atoms with van der Waals surface area (Å²) in [5.74, 6) is 1.44. The minimum Gasteiger partial charge on any atom is -0.353 e. The van der Waals surface area contributed by atoms with Gasteiger partial charge in [0.1, 0.15) is 5.82 Å². The number of rotatable bonds is 8. The molecule has 0 aliphatic carbocycles. The fourth-order valence-electron chi connectivity index (χ4n) is 4.36. The summed E-state index contributed by atoms with van der Waals surface area (Å²) < 4.78 is 34.6. The quantitative estimate of drug-likeness (QED) is 0.320. The molecule has 4 aromatic rings. The van der Waals surface area contributed by atoms with E-state index < -0.39 is 10.0 Å². The number of piperazine rings is 1. The van der Waals surface area contributed by atoms with Crippen molar-refractivity contribution in [3.8, 4) is 0 Å². The van der Waals surface area contributed by atoms with E-state index >= 15 is 0 Å². The van der Waals surface area contributed by atoms with Gasteiger partial charge in [0.15, 0.2) is 0 Å². The van der Waals surface area contributed by atoms with Crippen LogP contribution in [-0.4, -0.2) is 50.4 Å². The smallest absolute Gasteiger partial charge is 0.261 e. The van der Waals surface area contributed by atoms with Crippen LogP contribution in [0.3, 0.4) is 0 Å². The van der Waals surface area contributed by atoms with Crippen LogP contribution in [0.5, 0.6) is 0 Å². The van der Waals surface area contributed by atoms with E-state index in [0.717, 1.165) is 56.1 Å². The standard InChI is InChI=1S/C26H27ClN4O2S2/c27-19-20-9-11-22(12-10-20)35(32,33)29-24-7-3-1-5-21(24)13-14-30-15-17-31(18-16-30)26-23-6-2-4-8-25(23)34-28-26/h1-12,29H,13-19H2. The molecule has 1 aliphatic rings. The normalized spacial score (nSPS) is 14.9. The predicted octanol–water partition coefficient (Wildman–Crippen LogP) is 5.20. The molecule has 5 rings (SSSR count). The van der Waals surface area contributed by atoms with Gasteiger partial charge in [-0.05, 0) is 59.4 Å². The largest absolute Gasteiger partial charge is 0.353 e. The summed E-state index contributed by atoms with van der Waals surface area (Å²) in [6, 6.07) is 22.7. The first-order valence-electron chi connectivity index (χ1n) is 11.6. The molecule has 0 unspecified atom stereocenters. The Bertz CT molecular complexity index is 1400. The zero-order valence-electron chi connectivity index (χ0n) is 19.2. The number of hydrogen-bond donors (Lipinski definition) is 1. The van der Waals surface area contributed by atoms with Crippen molar-refractivity contribution in [3.63, 3.8) is 0 Å². The van der Waals surface area contributed by atoms with Gasteiger partial charge in [0.05, 0.1) is 15.3 Å². The second-order valence-corrected chi connectivity index (χ2v) is 11.4. The van der Waals surface area contributed by atoms with Crippen LogP contribution in [0.25, 0.3) is 10.1 Å². The average Bonchev–Trinajstić information content (AvgIpc) is 3.33. The summed E-state index contributed by atoms with van der Waals surface area (Å²) in [6.07, 6.45) is 0.767. The first-order chi connectivity index (χ1) is 17.0. The SMILES string of the molecule is O=S(=O)(Nc1ccccc1CCN1CCN(c2nsc3ccccc23)CC1)c1ccc(CCl)cc1. The lowest BCUT2D eigenvalue weighted by molar-refractivity contribution is 0.261. The van der Waals surface area contributed by atoms with Gasteiger partial charge in [-0.15, -0.1) is 11.6 Å². The third kappa shape index (κ3) is 5.46. The molecule has 0 saturated carbocycles. The molecule has 0 atom stereocenters. The van der Waals surface area contributed by atoms with E-state index in [1.54, 1.807) is 35.8 Å². The van der Waals surface area contributed by atoms with Crippen molar-refractivity contribution in [2.24, 2.45) is 0 Å². The Kier molecular flexibility index (Phi) is 7.24. The van der Waals surface area contributed by atoms with E-state index in [1.807, 2.05) is 24.3 Å². The van der Waals surface area contributed by atoms with E-state index in [-0.39, 0.29) is 4.90 Å². The van der Waals surface area contributed by atoms with Crippen LogP contribution in [-0.2, 0) is 22.3 Å². The third-order valence-electron chi connectivity index (χ3n) is 6.38. The van der Waals surface area contributed by atoms with E-state index in [1.165, 1.54) is 10.1 Å². The molecule has 0 bridgehead atoms. The van der Waals surface area contributed by atoms with Crippen LogP contribution in [0, 0.1) is 0 Å². The van der Waals surface area contributed by atoms with Crippen molar-refractivity contribution in [3.05, 3.63) is 83.9 Å². The number of benzene rings is 3. The predicted molar refractivity (Wildman–Crippen MR) is 145 cm³/mol. The van der Waals surface area contributed by atoms with Crippen LogP contribution in [0.15, 0.2) is 77.7 Å². The van der Waals surface area contributed by atoms with E-state index in [2.05, 4.69) is 38.8 Å². The molecule has 2 heterocycles. The van der Waals surface area contributed by atoms with Gasteiger partial charge in [-0.2, -0.15) is 4.37 Å². The molecule has 1 N–H and O–H groups in total. The molecule has 1 saturated heterocycles. The van der Waals surface area contributed by atoms with Crippen molar-refractivity contribution in [2.75, 3.05) is 42.3 Å². The highest BCUT2D eigenvalue weighted by molar-refractivity contribution is 7.92. The summed E-state index contributed by atoms with van der Waals surface area (Å²) >= 11 is 7.38. The first kappa shape index (κ1) is 24.1. The van der Waals surface area contributed by atoms with Crippen LogP contribution >= 0.6 is 23.1 Å². The lowest BCUT2D eigenvalue weighted by atomic mass is 10.1. The number of nitrogens with one attached hydrogen (secondary N) is 1. The van der Waals surface area contributed by atoms with Gasteiger partial charge in [0.25, 0.3) is 10.0 Å². The van der Waals surface area contributed by atoms with Crippen LogP contribution in [0.2, 0.25) is 0 Å². The molecule has 9 heteroatoms. The molecular formula is C26H27ClN4O2S2. The topological polar surface area (TPSA) is 65.5 Å². The number of alkyl halides is 1. The van der Waals surface area contributed by atoms with Gasteiger partial charge in [-0.25, -0.2) is 8.42 Å². The first-order valence-corrected chi connectivity index (χ1v) is 14.4. The van der Waals surface area contributed by atoms with Gasteiger partial charge < -0.3 is 4.90 Å². The van der Waals surface area contributed by atoms with Gasteiger partial charge in [0.2, 0.25) is 0 Å². The maximum absolute atomic E-state index is 12.9.